The Labute approximate surface area is 108 Å². The van der Waals surface area contributed by atoms with Crippen molar-refractivity contribution in [3.63, 3.8) is 0 Å². The molecule has 0 radical (unpaired) electrons. The molecule has 1 nitrogen and oxygen atoms in total. The Morgan fingerprint density at radius 3 is 2.83 bits per heavy atom. The van der Waals surface area contributed by atoms with Gasteiger partial charge in [-0.3, -0.25) is 0 Å². The number of benzene rings is 1. The predicted molar refractivity (Wildman–Crippen MR) is 76.1 cm³/mol. The van der Waals surface area contributed by atoms with E-state index in [2.05, 4.69) is 43.3 Å². The average Bonchev–Trinajstić information content (AvgIpc) is 2.76. The third-order valence-corrected chi connectivity index (χ3v) is 3.52. The Kier molecular flexibility index (Phi) is 3.06. The molecular weight excluding hydrogens is 220 g/mol. The van der Waals surface area contributed by atoms with Crippen molar-refractivity contribution in [3.8, 4) is 11.3 Å². The summed E-state index contributed by atoms with van der Waals surface area (Å²) in [5.41, 5.74) is 2.54. The van der Waals surface area contributed by atoms with E-state index in [1.54, 1.807) is 0 Å². The predicted octanol–water partition coefficient (Wildman–Crippen LogP) is 5.27. The van der Waals surface area contributed by atoms with Gasteiger partial charge in [0.25, 0.3) is 0 Å². The van der Waals surface area contributed by atoms with Crippen molar-refractivity contribution in [1.29, 1.82) is 0 Å². The van der Waals surface area contributed by atoms with Crippen LogP contribution in [-0.4, -0.2) is 0 Å². The molecule has 0 amide bonds. The lowest BCUT2D eigenvalue weighted by Crippen LogP contribution is -1.86. The molecule has 0 bridgehead atoms. The Morgan fingerprint density at radius 1 is 1.06 bits per heavy atom. The van der Waals surface area contributed by atoms with Crippen LogP contribution in [0.5, 0.6) is 0 Å². The van der Waals surface area contributed by atoms with Crippen LogP contribution >= 0.6 is 0 Å². The molecule has 92 valence electrons. The average molecular weight is 238 g/mol. The van der Waals surface area contributed by atoms with E-state index in [-0.39, 0.29) is 0 Å². The zero-order valence-electron chi connectivity index (χ0n) is 10.8. The molecule has 3 rings (SSSR count). The lowest BCUT2D eigenvalue weighted by Gasteiger charge is -2.04. The smallest absolute Gasteiger partial charge is 0.141 e. The minimum Gasteiger partial charge on any atom is -0.463 e. The summed E-state index contributed by atoms with van der Waals surface area (Å²) in [5, 5.41) is 2.48. The summed E-state index contributed by atoms with van der Waals surface area (Å²) in [6.45, 7) is 2.23. The number of hydrogen-bond donors (Lipinski definition) is 0. The van der Waals surface area contributed by atoms with Crippen LogP contribution in [0.3, 0.4) is 0 Å². The van der Waals surface area contributed by atoms with Crippen molar-refractivity contribution in [2.45, 2.75) is 32.6 Å². The first-order valence-corrected chi connectivity index (χ1v) is 6.77. The summed E-state index contributed by atoms with van der Waals surface area (Å²) >= 11 is 0. The molecule has 1 heteroatoms. The minimum absolute atomic E-state index is 1.02. The van der Waals surface area contributed by atoms with Crippen LogP contribution in [0, 0.1) is 0 Å². The number of unbranched alkanes of at least 4 members (excludes halogenated alkanes) is 2. The van der Waals surface area contributed by atoms with Crippen LogP contribution in [0.25, 0.3) is 22.1 Å². The molecular formula is C17H18O. The zero-order valence-corrected chi connectivity index (χ0v) is 10.8. The van der Waals surface area contributed by atoms with Gasteiger partial charge in [0.15, 0.2) is 0 Å². The number of hydrogen-bond acceptors (Lipinski definition) is 1. The second-order valence-electron chi connectivity index (χ2n) is 4.93. The van der Waals surface area contributed by atoms with E-state index in [9.17, 15) is 0 Å². The monoisotopic (exact) mass is 238 g/mol. The van der Waals surface area contributed by atoms with Crippen molar-refractivity contribution >= 4 is 10.8 Å². The Hall–Kier alpha value is -1.76. The topological polar surface area (TPSA) is 13.1 Å². The van der Waals surface area contributed by atoms with Gasteiger partial charge in [-0.2, -0.15) is 0 Å². The van der Waals surface area contributed by atoms with Gasteiger partial charge in [-0.15, -0.1) is 0 Å². The van der Waals surface area contributed by atoms with Gasteiger partial charge in [0.2, 0.25) is 0 Å². The molecule has 0 N–H and O–H groups in total. The van der Waals surface area contributed by atoms with Gasteiger partial charge < -0.3 is 4.42 Å². The van der Waals surface area contributed by atoms with Gasteiger partial charge in [0.1, 0.15) is 5.76 Å². The number of aryl methyl sites for hydroxylation is 1. The van der Waals surface area contributed by atoms with Crippen LogP contribution in [0.15, 0.2) is 47.1 Å². The maximum atomic E-state index is 5.83. The molecule has 0 fully saturated rings. The third-order valence-electron chi connectivity index (χ3n) is 3.52. The van der Waals surface area contributed by atoms with Gasteiger partial charge in [-0.05, 0) is 35.9 Å². The van der Waals surface area contributed by atoms with Crippen LogP contribution in [0.2, 0.25) is 0 Å². The highest BCUT2D eigenvalue weighted by Gasteiger charge is 2.12. The van der Waals surface area contributed by atoms with E-state index in [1.807, 2.05) is 6.26 Å². The van der Waals surface area contributed by atoms with Gasteiger partial charge in [-0.1, -0.05) is 44.0 Å². The molecule has 1 aliphatic heterocycles. The lowest BCUT2D eigenvalue weighted by molar-refractivity contribution is 0.558. The summed E-state index contributed by atoms with van der Waals surface area (Å²) in [6, 6.07) is 12.9. The summed E-state index contributed by atoms with van der Waals surface area (Å²) in [4.78, 5) is 0. The third kappa shape index (κ3) is 2.01. The second-order valence-corrected chi connectivity index (χ2v) is 4.93. The fourth-order valence-corrected chi connectivity index (χ4v) is 2.54. The molecule has 0 unspecified atom stereocenters. The van der Waals surface area contributed by atoms with Crippen molar-refractivity contribution in [1.82, 2.24) is 0 Å². The van der Waals surface area contributed by atoms with Crippen LogP contribution in [-0.2, 0) is 6.42 Å². The van der Waals surface area contributed by atoms with Gasteiger partial charge >= 0.3 is 0 Å². The Balaban J connectivity index is 1.97. The van der Waals surface area contributed by atoms with Crippen molar-refractivity contribution in [2.24, 2.45) is 0 Å². The van der Waals surface area contributed by atoms with E-state index in [0.717, 1.165) is 12.2 Å². The fourth-order valence-electron chi connectivity index (χ4n) is 2.54. The van der Waals surface area contributed by atoms with E-state index < -0.39 is 0 Å². The first-order chi connectivity index (χ1) is 8.88. The van der Waals surface area contributed by atoms with Gasteiger partial charge in [-0.25, -0.2) is 0 Å². The lowest BCUT2D eigenvalue weighted by atomic mass is 10.1. The minimum atomic E-state index is 1.02. The summed E-state index contributed by atoms with van der Waals surface area (Å²) in [6.07, 6.45) is 6.84. The molecule has 0 atom stereocenters. The maximum Gasteiger partial charge on any atom is 0.141 e. The van der Waals surface area contributed by atoms with E-state index in [1.165, 1.54) is 41.2 Å². The second kappa shape index (κ2) is 4.85. The molecule has 1 aromatic rings. The maximum absolute atomic E-state index is 5.83. The zero-order chi connectivity index (χ0) is 12.4. The fraction of sp³-hybridized carbons (Fsp3) is 0.294. The van der Waals surface area contributed by atoms with Crippen LogP contribution in [0.4, 0.5) is 0 Å². The number of fused-ring (bicyclic) bond motifs is 3. The van der Waals surface area contributed by atoms with Crippen LogP contribution in [0.1, 0.15) is 31.7 Å². The van der Waals surface area contributed by atoms with E-state index in [4.69, 9.17) is 4.42 Å². The molecule has 18 heavy (non-hydrogen) atoms. The molecule has 1 aliphatic carbocycles. The quantitative estimate of drug-likeness (QED) is 0.564. The first kappa shape index (κ1) is 11.3. The highest BCUT2D eigenvalue weighted by atomic mass is 16.3. The normalized spacial score (nSPS) is 11.4. The first-order valence-electron chi connectivity index (χ1n) is 6.77. The van der Waals surface area contributed by atoms with Gasteiger partial charge in [0, 0.05) is 10.9 Å². The SMILES string of the molecule is CCCCCc1coc2c3ccccc3cc-2c1. The van der Waals surface area contributed by atoms with Crippen molar-refractivity contribution in [2.75, 3.05) is 0 Å². The molecule has 1 aromatic carbocycles. The highest BCUT2D eigenvalue weighted by molar-refractivity contribution is 5.99. The summed E-state index contributed by atoms with van der Waals surface area (Å²) in [5.74, 6) is 1.02. The standard InChI is InChI=1S/C17H18O/c1-2-3-4-7-13-10-15-11-14-8-5-6-9-16(14)17(15)18-12-13/h5-6,8-12H,2-4,7H2,1H3. The molecule has 0 saturated heterocycles. The van der Waals surface area contributed by atoms with Crippen molar-refractivity contribution < 1.29 is 4.42 Å². The molecule has 0 saturated carbocycles. The molecule has 0 aromatic heterocycles. The molecule has 1 heterocycles. The summed E-state index contributed by atoms with van der Waals surface area (Å²) < 4.78 is 5.83. The number of rotatable bonds is 4. The van der Waals surface area contributed by atoms with E-state index >= 15 is 0 Å². The van der Waals surface area contributed by atoms with Gasteiger partial charge in [0.05, 0.1) is 6.26 Å². The largest absolute Gasteiger partial charge is 0.463 e. The van der Waals surface area contributed by atoms with Crippen molar-refractivity contribution in [3.05, 3.63) is 48.2 Å². The molecule has 0 spiro atoms. The van der Waals surface area contributed by atoms with E-state index in [0.29, 0.717) is 0 Å². The Morgan fingerprint density at radius 2 is 1.94 bits per heavy atom. The summed E-state index contributed by atoms with van der Waals surface area (Å²) in [7, 11) is 0. The highest BCUT2D eigenvalue weighted by Crippen LogP contribution is 2.34. The molecule has 2 aliphatic rings. The van der Waals surface area contributed by atoms with Crippen LogP contribution < -0.4 is 0 Å². The Bertz CT molecular complexity index is 621.